The van der Waals surface area contributed by atoms with Crippen molar-refractivity contribution in [1.82, 2.24) is 9.55 Å². The molecule has 8 nitrogen and oxygen atoms in total. The number of nitro groups is 1. The number of imidazole rings is 1. The molecule has 0 amide bonds. The van der Waals surface area contributed by atoms with Crippen molar-refractivity contribution < 1.29 is 23.2 Å². The van der Waals surface area contributed by atoms with E-state index in [0.717, 1.165) is 0 Å². The molecule has 0 aliphatic carbocycles. The molecule has 0 bridgehead atoms. The normalized spacial score (nSPS) is 10.8. The van der Waals surface area contributed by atoms with Gasteiger partial charge in [0, 0.05) is 37.6 Å². The Labute approximate surface area is 163 Å². The monoisotopic (exact) mass is 402 g/mol. The van der Waals surface area contributed by atoms with Gasteiger partial charge in [0.25, 0.3) is 5.69 Å². The number of carbonyl (C=O) groups is 1. The molecule has 2 aromatic carbocycles. The van der Waals surface area contributed by atoms with Gasteiger partial charge in [-0.2, -0.15) is 8.78 Å². The third kappa shape index (κ3) is 4.72. The van der Waals surface area contributed by atoms with E-state index < -0.39 is 17.3 Å². The number of ketones is 1. The van der Waals surface area contributed by atoms with Gasteiger partial charge < -0.3 is 14.6 Å². The highest BCUT2D eigenvalue weighted by Crippen LogP contribution is 2.27. The fourth-order valence-corrected chi connectivity index (χ4v) is 2.72. The molecule has 0 saturated heterocycles. The third-order valence-corrected chi connectivity index (χ3v) is 4.09. The smallest absolute Gasteiger partial charge is 0.387 e. The Morgan fingerprint density at radius 1 is 1.31 bits per heavy atom. The zero-order valence-corrected chi connectivity index (χ0v) is 15.2. The number of nitrogens with zero attached hydrogens (tertiary/aromatic N) is 3. The minimum absolute atomic E-state index is 0.00943. The van der Waals surface area contributed by atoms with E-state index in [-0.39, 0.29) is 35.1 Å². The molecule has 3 rings (SSSR count). The number of hydrogen-bond acceptors (Lipinski definition) is 6. The van der Waals surface area contributed by atoms with Crippen LogP contribution in [0.4, 0.5) is 20.2 Å². The number of carbonyl (C=O) groups excluding carboxylic acids is 1. The van der Waals surface area contributed by atoms with Gasteiger partial charge in [0.1, 0.15) is 11.4 Å². The minimum Gasteiger partial charge on any atom is -0.435 e. The van der Waals surface area contributed by atoms with Gasteiger partial charge in [-0.25, -0.2) is 4.98 Å². The van der Waals surface area contributed by atoms with Gasteiger partial charge in [0.15, 0.2) is 5.82 Å². The number of nitrogens with one attached hydrogen (secondary N) is 1. The second kappa shape index (κ2) is 8.46. The van der Waals surface area contributed by atoms with Gasteiger partial charge in [-0.15, -0.1) is 0 Å². The van der Waals surface area contributed by atoms with Crippen molar-refractivity contribution in [3.05, 3.63) is 81.9 Å². The van der Waals surface area contributed by atoms with Crippen LogP contribution >= 0.6 is 0 Å². The van der Waals surface area contributed by atoms with E-state index in [0.29, 0.717) is 5.56 Å². The number of ether oxygens (including phenoxy) is 1. The molecule has 0 saturated carbocycles. The molecule has 0 atom stereocenters. The number of benzene rings is 2. The summed E-state index contributed by atoms with van der Waals surface area (Å²) in [7, 11) is 1.65. The lowest BCUT2D eigenvalue weighted by Gasteiger charge is -2.10. The maximum atomic E-state index is 12.5. The first-order valence-electron chi connectivity index (χ1n) is 8.43. The summed E-state index contributed by atoms with van der Waals surface area (Å²) in [6.07, 6.45) is 3.06. The summed E-state index contributed by atoms with van der Waals surface area (Å²) in [6.45, 7) is -2.81. The minimum atomic E-state index is -2.94. The molecule has 10 heteroatoms. The lowest BCUT2D eigenvalue weighted by atomic mass is 10.1. The summed E-state index contributed by atoms with van der Waals surface area (Å²) >= 11 is 0. The first kappa shape index (κ1) is 19.9. The van der Waals surface area contributed by atoms with Crippen molar-refractivity contribution in [2.24, 2.45) is 7.05 Å². The Morgan fingerprint density at radius 2 is 2.10 bits per heavy atom. The quantitative estimate of drug-likeness (QED) is 0.350. The average molecular weight is 402 g/mol. The summed E-state index contributed by atoms with van der Waals surface area (Å²) in [4.78, 5) is 27.3. The van der Waals surface area contributed by atoms with Gasteiger partial charge in [0.05, 0.1) is 4.92 Å². The van der Waals surface area contributed by atoms with Crippen molar-refractivity contribution >= 4 is 17.2 Å². The highest BCUT2D eigenvalue weighted by Gasteiger charge is 2.20. The molecule has 1 aromatic heterocycles. The van der Waals surface area contributed by atoms with Gasteiger partial charge in [-0.05, 0) is 29.8 Å². The lowest BCUT2D eigenvalue weighted by molar-refractivity contribution is -0.384. The number of aryl methyl sites for hydroxylation is 1. The Bertz CT molecular complexity index is 1050. The molecule has 1 heterocycles. The van der Waals surface area contributed by atoms with Crippen LogP contribution in [0.2, 0.25) is 0 Å². The van der Waals surface area contributed by atoms with Gasteiger partial charge in [-0.3, -0.25) is 14.9 Å². The van der Waals surface area contributed by atoms with Crippen molar-refractivity contribution in [2.45, 2.75) is 13.2 Å². The topological polar surface area (TPSA) is 99.3 Å². The number of hydrogen-bond donors (Lipinski definition) is 1. The molecule has 0 unspecified atom stereocenters. The summed E-state index contributed by atoms with van der Waals surface area (Å²) in [5.41, 5.74) is 0.617. The number of rotatable bonds is 8. The molecule has 29 heavy (non-hydrogen) atoms. The Morgan fingerprint density at radius 3 is 2.76 bits per heavy atom. The molecule has 150 valence electrons. The molecule has 0 radical (unpaired) electrons. The lowest BCUT2D eigenvalue weighted by Crippen LogP contribution is -2.10. The number of nitro benzene ring substituents is 1. The zero-order valence-electron chi connectivity index (χ0n) is 15.2. The maximum absolute atomic E-state index is 12.5. The van der Waals surface area contributed by atoms with E-state index in [2.05, 4.69) is 15.0 Å². The van der Waals surface area contributed by atoms with Crippen molar-refractivity contribution in [2.75, 3.05) is 5.32 Å². The molecule has 0 fully saturated rings. The molecule has 3 aromatic rings. The number of aromatic nitrogens is 2. The van der Waals surface area contributed by atoms with Crippen LogP contribution in [0.5, 0.6) is 5.75 Å². The van der Waals surface area contributed by atoms with Crippen LogP contribution in [0.15, 0.2) is 54.9 Å². The van der Waals surface area contributed by atoms with Crippen LogP contribution in [0, 0.1) is 10.1 Å². The SMILES string of the molecule is Cn1ccnc1C(=O)c1ccc(NCc2cccc(OC(F)F)c2)c([N+](=O)[O-])c1. The largest absolute Gasteiger partial charge is 0.435 e. The summed E-state index contributed by atoms with van der Waals surface area (Å²) in [5, 5.41) is 14.4. The Balaban J connectivity index is 1.80. The van der Waals surface area contributed by atoms with Crippen LogP contribution in [0.25, 0.3) is 0 Å². The Hall–Kier alpha value is -3.82. The van der Waals surface area contributed by atoms with Crippen LogP contribution in [0.1, 0.15) is 21.7 Å². The zero-order chi connectivity index (χ0) is 21.0. The van der Waals surface area contributed by atoms with Crippen LogP contribution in [-0.4, -0.2) is 26.9 Å². The van der Waals surface area contributed by atoms with E-state index in [1.165, 1.54) is 47.2 Å². The number of anilines is 1. The second-order valence-electron chi connectivity index (χ2n) is 6.06. The average Bonchev–Trinajstić information content (AvgIpc) is 3.11. The highest BCUT2D eigenvalue weighted by molar-refractivity contribution is 6.07. The number of alkyl halides is 2. The van der Waals surface area contributed by atoms with Crippen molar-refractivity contribution in [3.8, 4) is 5.75 Å². The molecule has 1 N–H and O–H groups in total. The summed E-state index contributed by atoms with van der Waals surface area (Å²) < 4.78 is 30.5. The fourth-order valence-electron chi connectivity index (χ4n) is 2.72. The predicted octanol–water partition coefficient (Wildman–Crippen LogP) is 3.77. The van der Waals surface area contributed by atoms with Crippen LogP contribution in [0.3, 0.4) is 0 Å². The second-order valence-corrected chi connectivity index (χ2v) is 6.06. The third-order valence-electron chi connectivity index (χ3n) is 4.09. The first-order valence-corrected chi connectivity index (χ1v) is 8.43. The van der Waals surface area contributed by atoms with Gasteiger partial charge >= 0.3 is 6.61 Å². The van der Waals surface area contributed by atoms with Crippen molar-refractivity contribution in [3.63, 3.8) is 0 Å². The molecule has 0 aliphatic heterocycles. The molecular weight excluding hydrogens is 386 g/mol. The predicted molar refractivity (Wildman–Crippen MR) is 100 cm³/mol. The maximum Gasteiger partial charge on any atom is 0.387 e. The fraction of sp³-hybridized carbons (Fsp3) is 0.158. The van der Waals surface area contributed by atoms with E-state index >= 15 is 0 Å². The van der Waals surface area contributed by atoms with E-state index in [1.54, 1.807) is 19.3 Å². The standard InChI is InChI=1S/C19H16F2N4O4/c1-24-8-7-22-18(24)17(26)13-5-6-15(16(10-13)25(27)28)23-11-12-3-2-4-14(9-12)29-19(20)21/h2-10,19,23H,11H2,1H3. The molecule has 0 spiro atoms. The van der Waals surface area contributed by atoms with Gasteiger partial charge in [-0.1, -0.05) is 12.1 Å². The van der Waals surface area contributed by atoms with Crippen molar-refractivity contribution in [1.29, 1.82) is 0 Å². The first-order chi connectivity index (χ1) is 13.8. The van der Waals surface area contributed by atoms with E-state index in [1.807, 2.05) is 0 Å². The number of halogens is 2. The van der Waals surface area contributed by atoms with Crippen LogP contribution < -0.4 is 10.1 Å². The Kier molecular flexibility index (Phi) is 5.82. The highest BCUT2D eigenvalue weighted by atomic mass is 19.3. The van der Waals surface area contributed by atoms with Gasteiger partial charge in [0.2, 0.25) is 5.78 Å². The summed E-state index contributed by atoms with van der Waals surface area (Å²) in [5.74, 6) is -0.287. The van der Waals surface area contributed by atoms with E-state index in [9.17, 15) is 23.7 Å². The summed E-state index contributed by atoms with van der Waals surface area (Å²) in [6, 6.07) is 10.1. The van der Waals surface area contributed by atoms with E-state index in [4.69, 9.17) is 0 Å². The molecule has 0 aliphatic rings. The van der Waals surface area contributed by atoms with Crippen LogP contribution in [-0.2, 0) is 13.6 Å². The molecular formula is C19H16F2N4O4.